The van der Waals surface area contributed by atoms with Crippen molar-refractivity contribution in [3.8, 4) is 0 Å². The second-order valence-corrected chi connectivity index (χ2v) is 6.67. The molecule has 0 spiro atoms. The summed E-state index contributed by atoms with van der Waals surface area (Å²) in [6, 6.07) is 5.46. The maximum absolute atomic E-state index is 12.4. The molecule has 3 N–H and O–H groups in total. The van der Waals surface area contributed by atoms with E-state index in [-0.39, 0.29) is 23.8 Å². The summed E-state index contributed by atoms with van der Waals surface area (Å²) in [5, 5.41) is 14.5. The molecule has 0 bridgehead atoms. The summed E-state index contributed by atoms with van der Waals surface area (Å²) >= 11 is 0. The standard InChI is InChI=1S/C19H24N4O4/c1-13(2)10-16(19(26)27)22-18(25)14-4-3-5-15(11-14)21-17(24)6-8-23-9-7-20-12-23/h3-5,7,9,11-13,16H,6,8,10H2,1-2H3,(H,21,24)(H,22,25)(H,26,27)/t16-/m1/s1. The quantitative estimate of drug-likeness (QED) is 0.624. The van der Waals surface area contributed by atoms with Gasteiger partial charge in [-0.05, 0) is 30.5 Å². The first-order chi connectivity index (χ1) is 12.8. The number of aryl methyl sites for hydroxylation is 1. The second kappa shape index (κ2) is 9.51. The van der Waals surface area contributed by atoms with Gasteiger partial charge in [-0.15, -0.1) is 0 Å². The number of aromatic nitrogens is 2. The Balaban J connectivity index is 1.95. The number of imidazole rings is 1. The van der Waals surface area contributed by atoms with Crippen LogP contribution in [0.4, 0.5) is 5.69 Å². The van der Waals surface area contributed by atoms with Crippen LogP contribution in [0.2, 0.25) is 0 Å². The predicted molar refractivity (Wildman–Crippen MR) is 100 cm³/mol. The van der Waals surface area contributed by atoms with E-state index in [9.17, 15) is 19.5 Å². The average Bonchev–Trinajstić information content (AvgIpc) is 3.12. The zero-order valence-corrected chi connectivity index (χ0v) is 15.4. The van der Waals surface area contributed by atoms with Crippen molar-refractivity contribution in [2.75, 3.05) is 5.32 Å². The van der Waals surface area contributed by atoms with Gasteiger partial charge >= 0.3 is 5.97 Å². The molecule has 0 radical (unpaired) electrons. The highest BCUT2D eigenvalue weighted by molar-refractivity contribution is 5.98. The molecule has 8 nitrogen and oxygen atoms in total. The van der Waals surface area contributed by atoms with Crippen LogP contribution < -0.4 is 10.6 Å². The van der Waals surface area contributed by atoms with Crippen LogP contribution in [0, 0.1) is 5.92 Å². The summed E-state index contributed by atoms with van der Waals surface area (Å²) in [6.07, 6.45) is 5.65. The zero-order valence-electron chi connectivity index (χ0n) is 15.4. The first-order valence-corrected chi connectivity index (χ1v) is 8.74. The Morgan fingerprint density at radius 1 is 1.26 bits per heavy atom. The molecule has 2 amide bonds. The highest BCUT2D eigenvalue weighted by atomic mass is 16.4. The molecule has 27 heavy (non-hydrogen) atoms. The Hall–Kier alpha value is -3.16. The Kier molecular flexibility index (Phi) is 7.10. The minimum Gasteiger partial charge on any atom is -0.480 e. The number of aliphatic carboxylic acids is 1. The summed E-state index contributed by atoms with van der Waals surface area (Å²) in [5.74, 6) is -1.62. The Labute approximate surface area is 157 Å². The van der Waals surface area contributed by atoms with E-state index >= 15 is 0 Å². The average molecular weight is 372 g/mol. The lowest BCUT2D eigenvalue weighted by Crippen LogP contribution is -2.41. The third-order valence-electron chi connectivity index (χ3n) is 3.88. The van der Waals surface area contributed by atoms with Gasteiger partial charge in [0.1, 0.15) is 6.04 Å². The Morgan fingerprint density at radius 2 is 2.04 bits per heavy atom. The maximum atomic E-state index is 12.4. The zero-order chi connectivity index (χ0) is 19.8. The number of carbonyl (C=O) groups excluding carboxylic acids is 2. The SMILES string of the molecule is CC(C)C[C@@H](NC(=O)c1cccc(NC(=O)CCn2ccnc2)c1)C(=O)O. The third-order valence-corrected chi connectivity index (χ3v) is 3.88. The molecule has 0 saturated carbocycles. The van der Waals surface area contributed by atoms with Crippen LogP contribution in [0.5, 0.6) is 0 Å². The molecular formula is C19H24N4O4. The number of hydrogen-bond donors (Lipinski definition) is 3. The van der Waals surface area contributed by atoms with Crippen LogP contribution in [0.1, 0.15) is 37.0 Å². The monoisotopic (exact) mass is 372 g/mol. The summed E-state index contributed by atoms with van der Waals surface area (Å²) < 4.78 is 1.80. The van der Waals surface area contributed by atoms with E-state index in [1.807, 2.05) is 13.8 Å². The van der Waals surface area contributed by atoms with Gasteiger partial charge in [-0.2, -0.15) is 0 Å². The molecule has 1 atom stereocenters. The molecule has 1 aromatic heterocycles. The van der Waals surface area contributed by atoms with Crippen LogP contribution in [-0.4, -0.2) is 38.5 Å². The van der Waals surface area contributed by atoms with E-state index in [0.717, 1.165) is 0 Å². The Bertz CT molecular complexity index is 787. The lowest BCUT2D eigenvalue weighted by Gasteiger charge is -2.16. The lowest BCUT2D eigenvalue weighted by atomic mass is 10.0. The topological polar surface area (TPSA) is 113 Å². The normalized spacial score (nSPS) is 11.8. The number of rotatable bonds is 9. The molecule has 2 rings (SSSR count). The van der Waals surface area contributed by atoms with E-state index in [4.69, 9.17) is 0 Å². The van der Waals surface area contributed by atoms with Crippen molar-refractivity contribution < 1.29 is 19.5 Å². The summed E-state index contributed by atoms with van der Waals surface area (Å²) in [6.45, 7) is 4.28. The third kappa shape index (κ3) is 6.58. The van der Waals surface area contributed by atoms with Crippen molar-refractivity contribution >= 4 is 23.5 Å². The van der Waals surface area contributed by atoms with Gasteiger partial charge in [-0.1, -0.05) is 19.9 Å². The molecular weight excluding hydrogens is 348 g/mol. The van der Waals surface area contributed by atoms with E-state index in [1.165, 1.54) is 6.07 Å². The first kappa shape index (κ1) is 20.2. The fourth-order valence-corrected chi connectivity index (χ4v) is 2.55. The highest BCUT2D eigenvalue weighted by Crippen LogP contribution is 2.13. The molecule has 144 valence electrons. The summed E-state index contributed by atoms with van der Waals surface area (Å²) in [5.41, 5.74) is 0.770. The van der Waals surface area contributed by atoms with Crippen molar-refractivity contribution in [1.29, 1.82) is 0 Å². The van der Waals surface area contributed by atoms with Crippen LogP contribution >= 0.6 is 0 Å². The van der Waals surface area contributed by atoms with Gasteiger partial charge in [-0.3, -0.25) is 9.59 Å². The Morgan fingerprint density at radius 3 is 2.67 bits per heavy atom. The van der Waals surface area contributed by atoms with Gasteiger partial charge in [0.05, 0.1) is 6.33 Å². The largest absolute Gasteiger partial charge is 0.480 e. The van der Waals surface area contributed by atoms with Gasteiger partial charge in [0.25, 0.3) is 5.91 Å². The number of amides is 2. The van der Waals surface area contributed by atoms with Gasteiger partial charge < -0.3 is 20.3 Å². The molecule has 2 aromatic rings. The van der Waals surface area contributed by atoms with E-state index < -0.39 is 17.9 Å². The number of carbonyl (C=O) groups is 3. The van der Waals surface area contributed by atoms with Gasteiger partial charge in [0.15, 0.2) is 0 Å². The number of nitrogens with zero attached hydrogens (tertiary/aromatic N) is 2. The van der Waals surface area contributed by atoms with Crippen LogP contribution in [-0.2, 0) is 16.1 Å². The summed E-state index contributed by atoms with van der Waals surface area (Å²) in [7, 11) is 0. The van der Waals surface area contributed by atoms with Crippen molar-refractivity contribution in [3.05, 3.63) is 48.5 Å². The fourth-order valence-electron chi connectivity index (χ4n) is 2.55. The van der Waals surface area contributed by atoms with Crippen LogP contribution in [0.15, 0.2) is 43.0 Å². The highest BCUT2D eigenvalue weighted by Gasteiger charge is 2.21. The van der Waals surface area contributed by atoms with Crippen molar-refractivity contribution in [1.82, 2.24) is 14.9 Å². The second-order valence-electron chi connectivity index (χ2n) is 6.67. The predicted octanol–water partition coefficient (Wildman–Crippen LogP) is 2.14. The van der Waals surface area contributed by atoms with Gasteiger partial charge in [0.2, 0.25) is 5.91 Å². The number of nitrogens with one attached hydrogen (secondary N) is 2. The molecule has 1 heterocycles. The van der Waals surface area contributed by atoms with E-state index in [1.54, 1.807) is 41.5 Å². The minimum absolute atomic E-state index is 0.132. The number of carboxylic acid groups (broad SMARTS) is 1. The van der Waals surface area contributed by atoms with Gasteiger partial charge in [-0.25, -0.2) is 9.78 Å². The molecule has 0 aliphatic heterocycles. The number of anilines is 1. The number of benzene rings is 1. The van der Waals surface area contributed by atoms with Gasteiger partial charge in [0, 0.05) is 36.6 Å². The first-order valence-electron chi connectivity index (χ1n) is 8.74. The fraction of sp³-hybridized carbons (Fsp3) is 0.368. The number of carboxylic acids is 1. The molecule has 8 heteroatoms. The molecule has 0 aliphatic rings. The molecule has 0 fully saturated rings. The number of hydrogen-bond acceptors (Lipinski definition) is 4. The molecule has 0 saturated heterocycles. The van der Waals surface area contributed by atoms with Crippen LogP contribution in [0.25, 0.3) is 0 Å². The smallest absolute Gasteiger partial charge is 0.326 e. The lowest BCUT2D eigenvalue weighted by molar-refractivity contribution is -0.139. The van der Waals surface area contributed by atoms with Crippen molar-refractivity contribution in [2.24, 2.45) is 5.92 Å². The van der Waals surface area contributed by atoms with E-state index in [2.05, 4.69) is 15.6 Å². The molecule has 0 unspecified atom stereocenters. The molecule has 1 aromatic carbocycles. The van der Waals surface area contributed by atoms with Crippen molar-refractivity contribution in [2.45, 2.75) is 39.3 Å². The maximum Gasteiger partial charge on any atom is 0.326 e. The summed E-state index contributed by atoms with van der Waals surface area (Å²) in [4.78, 5) is 39.6. The van der Waals surface area contributed by atoms with Crippen molar-refractivity contribution in [3.63, 3.8) is 0 Å². The molecule has 0 aliphatic carbocycles. The van der Waals surface area contributed by atoms with Crippen LogP contribution in [0.3, 0.4) is 0 Å². The minimum atomic E-state index is -1.07. The van der Waals surface area contributed by atoms with E-state index in [0.29, 0.717) is 18.7 Å².